The highest BCUT2D eigenvalue weighted by molar-refractivity contribution is 5.67. The molecule has 0 aliphatic carbocycles. The van der Waals surface area contributed by atoms with E-state index in [1.54, 1.807) is 18.2 Å². The Morgan fingerprint density at radius 1 is 1.10 bits per heavy atom. The molecule has 2 heteroatoms. The second-order valence-electron chi connectivity index (χ2n) is 4.93. The molecule has 0 bridgehead atoms. The van der Waals surface area contributed by atoms with Gasteiger partial charge in [-0.3, -0.25) is 0 Å². The van der Waals surface area contributed by atoms with E-state index in [0.717, 1.165) is 36.0 Å². The van der Waals surface area contributed by atoms with Gasteiger partial charge in [-0.1, -0.05) is 56.3 Å². The van der Waals surface area contributed by atoms with Crippen molar-refractivity contribution in [2.45, 2.75) is 26.2 Å². The van der Waals surface area contributed by atoms with E-state index < -0.39 is 0 Å². The molecule has 0 saturated carbocycles. The fraction of sp³-hybridized carbons (Fsp3) is 0.222. The first-order chi connectivity index (χ1) is 9.61. The summed E-state index contributed by atoms with van der Waals surface area (Å²) in [6.45, 7) is 5.58. The fourth-order valence-corrected chi connectivity index (χ4v) is 2.15. The molecule has 0 heterocycles. The molecule has 0 fully saturated rings. The van der Waals surface area contributed by atoms with Crippen molar-refractivity contribution in [1.82, 2.24) is 0 Å². The summed E-state index contributed by atoms with van der Waals surface area (Å²) < 4.78 is 14.0. The van der Waals surface area contributed by atoms with Crippen LogP contribution in [0.25, 0.3) is 16.9 Å². The lowest BCUT2D eigenvalue weighted by molar-refractivity contribution is 0.514. The smallest absolute Gasteiger partial charge is 0.127 e. The number of aliphatic hydroxyl groups excluding tert-OH is 1. The van der Waals surface area contributed by atoms with Gasteiger partial charge in [0, 0.05) is 5.56 Å². The molecular weight excluding hydrogens is 251 g/mol. The first-order valence-corrected chi connectivity index (χ1v) is 6.89. The molecule has 0 amide bonds. The summed E-state index contributed by atoms with van der Waals surface area (Å²) in [5, 5.41) is 9.29. The topological polar surface area (TPSA) is 20.2 Å². The summed E-state index contributed by atoms with van der Waals surface area (Å²) in [7, 11) is 0. The van der Waals surface area contributed by atoms with E-state index in [1.807, 2.05) is 24.3 Å². The van der Waals surface area contributed by atoms with Crippen LogP contribution in [0, 0.1) is 5.82 Å². The van der Waals surface area contributed by atoms with Gasteiger partial charge in [0.2, 0.25) is 0 Å². The minimum atomic E-state index is -0.147. The minimum Gasteiger partial charge on any atom is -0.508 e. The van der Waals surface area contributed by atoms with E-state index in [4.69, 9.17) is 0 Å². The SMILES string of the molecule is C=C(O)c1ccc(-c2ccc(CCCC)c(F)c2)cc1. The monoisotopic (exact) mass is 270 g/mol. The molecule has 0 aliphatic rings. The zero-order valence-corrected chi connectivity index (χ0v) is 11.7. The summed E-state index contributed by atoms with van der Waals surface area (Å²) in [4.78, 5) is 0. The zero-order valence-electron chi connectivity index (χ0n) is 11.7. The Labute approximate surface area is 119 Å². The highest BCUT2D eigenvalue weighted by Crippen LogP contribution is 2.24. The summed E-state index contributed by atoms with van der Waals surface area (Å²) in [5.74, 6) is -0.107. The van der Waals surface area contributed by atoms with Crippen LogP contribution in [0.3, 0.4) is 0 Å². The lowest BCUT2D eigenvalue weighted by Gasteiger charge is -2.07. The number of benzene rings is 2. The van der Waals surface area contributed by atoms with E-state index in [9.17, 15) is 9.50 Å². The lowest BCUT2D eigenvalue weighted by Crippen LogP contribution is -1.91. The molecule has 1 N–H and O–H groups in total. The summed E-state index contributed by atoms with van der Waals surface area (Å²) in [5.41, 5.74) is 3.22. The van der Waals surface area contributed by atoms with Gasteiger partial charge in [-0.05, 0) is 35.6 Å². The Hall–Kier alpha value is -2.09. The van der Waals surface area contributed by atoms with Crippen molar-refractivity contribution in [2.24, 2.45) is 0 Å². The normalized spacial score (nSPS) is 10.5. The molecule has 2 aromatic rings. The molecule has 0 spiro atoms. The molecule has 0 unspecified atom stereocenters. The summed E-state index contributed by atoms with van der Waals surface area (Å²) in [6.07, 6.45) is 2.85. The largest absolute Gasteiger partial charge is 0.508 e. The third kappa shape index (κ3) is 3.27. The quantitative estimate of drug-likeness (QED) is 0.725. The summed E-state index contributed by atoms with van der Waals surface area (Å²) >= 11 is 0. The Morgan fingerprint density at radius 3 is 2.30 bits per heavy atom. The predicted octanol–water partition coefficient (Wildman–Crippen LogP) is 5.36. The van der Waals surface area contributed by atoms with Gasteiger partial charge in [-0.2, -0.15) is 0 Å². The van der Waals surface area contributed by atoms with E-state index in [-0.39, 0.29) is 11.6 Å². The van der Waals surface area contributed by atoms with Gasteiger partial charge in [-0.25, -0.2) is 4.39 Å². The Balaban J connectivity index is 2.24. The van der Waals surface area contributed by atoms with Crippen molar-refractivity contribution in [3.05, 3.63) is 66.0 Å². The minimum absolute atomic E-state index is 0.0395. The lowest BCUT2D eigenvalue weighted by atomic mass is 10.00. The molecule has 2 rings (SSSR count). The Kier molecular flexibility index (Phi) is 4.57. The van der Waals surface area contributed by atoms with Gasteiger partial charge in [0.15, 0.2) is 0 Å². The molecule has 2 aromatic carbocycles. The molecule has 0 atom stereocenters. The number of halogens is 1. The second kappa shape index (κ2) is 6.38. The third-order valence-corrected chi connectivity index (χ3v) is 3.40. The maximum atomic E-state index is 14.0. The van der Waals surface area contributed by atoms with Crippen LogP contribution in [-0.2, 0) is 6.42 Å². The van der Waals surface area contributed by atoms with Crippen LogP contribution in [0.15, 0.2) is 49.0 Å². The van der Waals surface area contributed by atoms with Crippen molar-refractivity contribution in [3.63, 3.8) is 0 Å². The van der Waals surface area contributed by atoms with Crippen LogP contribution in [0.1, 0.15) is 30.9 Å². The standard InChI is InChI=1S/C18H19FO/c1-3-4-5-16-10-11-17(12-18(16)19)15-8-6-14(7-9-15)13(2)20/h6-12,20H,2-5H2,1H3. The fourth-order valence-electron chi connectivity index (χ4n) is 2.15. The Morgan fingerprint density at radius 2 is 1.75 bits per heavy atom. The third-order valence-electron chi connectivity index (χ3n) is 3.40. The number of aryl methyl sites for hydroxylation is 1. The van der Waals surface area contributed by atoms with Crippen molar-refractivity contribution in [3.8, 4) is 11.1 Å². The molecule has 1 nitrogen and oxygen atoms in total. The molecule has 0 aliphatic heterocycles. The summed E-state index contributed by atoms with van der Waals surface area (Å²) in [6, 6.07) is 12.7. The highest BCUT2D eigenvalue weighted by Gasteiger charge is 2.05. The van der Waals surface area contributed by atoms with Gasteiger partial charge >= 0.3 is 0 Å². The number of hydrogen-bond donors (Lipinski definition) is 1. The first-order valence-electron chi connectivity index (χ1n) is 6.89. The molecular formula is C18H19FO. The zero-order chi connectivity index (χ0) is 14.5. The average Bonchev–Trinajstić information content (AvgIpc) is 2.46. The average molecular weight is 270 g/mol. The van der Waals surface area contributed by atoms with Crippen molar-refractivity contribution in [2.75, 3.05) is 0 Å². The number of aliphatic hydroxyl groups is 1. The number of hydrogen-bond acceptors (Lipinski definition) is 1. The molecule has 0 radical (unpaired) electrons. The van der Waals surface area contributed by atoms with E-state index in [0.29, 0.717) is 5.56 Å². The number of unbranched alkanes of at least 4 members (excludes halogenated alkanes) is 1. The van der Waals surface area contributed by atoms with Crippen LogP contribution in [0.5, 0.6) is 0 Å². The molecule has 0 aromatic heterocycles. The first kappa shape index (κ1) is 14.3. The van der Waals surface area contributed by atoms with Crippen LogP contribution in [-0.4, -0.2) is 5.11 Å². The second-order valence-corrected chi connectivity index (χ2v) is 4.93. The van der Waals surface area contributed by atoms with Crippen molar-refractivity contribution >= 4 is 5.76 Å². The van der Waals surface area contributed by atoms with Gasteiger partial charge < -0.3 is 5.11 Å². The van der Waals surface area contributed by atoms with Crippen LogP contribution >= 0.6 is 0 Å². The van der Waals surface area contributed by atoms with Crippen LogP contribution in [0.2, 0.25) is 0 Å². The van der Waals surface area contributed by atoms with Gasteiger partial charge in [-0.15, -0.1) is 0 Å². The van der Waals surface area contributed by atoms with Crippen LogP contribution < -0.4 is 0 Å². The molecule has 104 valence electrons. The highest BCUT2D eigenvalue weighted by atomic mass is 19.1. The van der Waals surface area contributed by atoms with Gasteiger partial charge in [0.05, 0.1) is 0 Å². The van der Waals surface area contributed by atoms with Gasteiger partial charge in [0.25, 0.3) is 0 Å². The van der Waals surface area contributed by atoms with Crippen LogP contribution in [0.4, 0.5) is 4.39 Å². The van der Waals surface area contributed by atoms with Gasteiger partial charge in [0.1, 0.15) is 11.6 Å². The van der Waals surface area contributed by atoms with E-state index in [1.165, 1.54) is 0 Å². The molecule has 20 heavy (non-hydrogen) atoms. The molecule has 0 saturated heterocycles. The van der Waals surface area contributed by atoms with Crippen molar-refractivity contribution < 1.29 is 9.50 Å². The van der Waals surface area contributed by atoms with Crippen molar-refractivity contribution in [1.29, 1.82) is 0 Å². The Bertz CT molecular complexity index is 599. The maximum Gasteiger partial charge on any atom is 0.127 e. The number of rotatable bonds is 5. The predicted molar refractivity (Wildman–Crippen MR) is 82.1 cm³/mol. The maximum absolute atomic E-state index is 14.0. The van der Waals surface area contributed by atoms with E-state index >= 15 is 0 Å². The van der Waals surface area contributed by atoms with E-state index in [2.05, 4.69) is 13.5 Å².